The van der Waals surface area contributed by atoms with Gasteiger partial charge in [0.1, 0.15) is 60.0 Å². The van der Waals surface area contributed by atoms with E-state index in [0.717, 1.165) is 81.5 Å². The lowest BCUT2D eigenvalue weighted by Gasteiger charge is -2.61. The molecule has 0 aromatic heterocycles. The molecular weight excluding hydrogens is 1630 g/mol. The van der Waals surface area contributed by atoms with Gasteiger partial charge >= 0.3 is 71.6 Å². The fraction of sp³-hybridized carbons (Fsp3) is 0.778. The van der Waals surface area contributed by atoms with Gasteiger partial charge in [-0.05, 0) is 244 Å². The first kappa shape index (κ1) is 92.1. The summed E-state index contributed by atoms with van der Waals surface area (Å²) in [6, 6.07) is 0. The second-order valence-electron chi connectivity index (χ2n) is 40.1. The minimum atomic E-state index is -3.53. The summed E-state index contributed by atoms with van der Waals surface area (Å²) in [6.45, 7) is 36.1. The Morgan fingerprint density at radius 2 is 0.754 bits per heavy atom. The topological polar surface area (TPSA) is 402 Å². The lowest BCUT2D eigenvalue weighted by Crippen LogP contribution is -2.62. The van der Waals surface area contributed by atoms with Crippen LogP contribution in [0.5, 0.6) is 0 Å². The molecule has 20 aliphatic rings. The monoisotopic (exact) mass is 1750 g/mol. The van der Waals surface area contributed by atoms with E-state index in [2.05, 4.69) is 44.9 Å². The Labute approximate surface area is 715 Å². The summed E-state index contributed by atoms with van der Waals surface area (Å²) in [7, 11) is -7.05. The summed E-state index contributed by atoms with van der Waals surface area (Å²) >= 11 is 0. The number of rotatable bonds is 23. The van der Waals surface area contributed by atoms with Crippen LogP contribution in [0.1, 0.15) is 218 Å². The maximum absolute atomic E-state index is 12.2. The van der Waals surface area contributed by atoms with Crippen molar-refractivity contribution in [3.8, 4) is 0 Å². The molecule has 0 aromatic rings. The molecule has 0 N–H and O–H groups in total. The highest BCUT2D eigenvalue weighted by atomic mass is 32.2. The molecule has 20 rings (SSSR count). The van der Waals surface area contributed by atoms with Crippen LogP contribution in [0.4, 0.5) is 0 Å². The Balaban J connectivity index is 0.000000127. The van der Waals surface area contributed by atoms with E-state index < -0.39 is 140 Å². The third-order valence-corrected chi connectivity index (χ3v) is 34.5. The molecule has 16 saturated carbocycles. The van der Waals surface area contributed by atoms with E-state index in [-0.39, 0.29) is 112 Å². The zero-order valence-corrected chi connectivity index (χ0v) is 74.2. The van der Waals surface area contributed by atoms with Gasteiger partial charge in [0.15, 0.2) is 26.4 Å². The lowest BCUT2D eigenvalue weighted by atomic mass is 9.47. The van der Waals surface area contributed by atoms with Crippen molar-refractivity contribution in [2.75, 3.05) is 26.4 Å². The summed E-state index contributed by atoms with van der Waals surface area (Å²) in [4.78, 5) is 140. The highest BCUT2D eigenvalue weighted by Gasteiger charge is 2.69. The Kier molecular flexibility index (Phi) is 26.7. The molecule has 676 valence electrons. The zero-order chi connectivity index (χ0) is 88.9. The van der Waals surface area contributed by atoms with Crippen molar-refractivity contribution in [1.29, 1.82) is 0 Å². The molecule has 30 nitrogen and oxygen atoms in total. The molecule has 20 unspecified atom stereocenters. The minimum absolute atomic E-state index is 0.00284. The summed E-state index contributed by atoms with van der Waals surface area (Å²) in [6.07, 6.45) is 16.6. The number of hydrogen-bond donors (Lipinski definition) is 0. The number of hydrogen-bond acceptors (Lipinski definition) is 30. The largest absolute Gasteiger partial charge is 0.458 e. The number of carbonyl (C=O) groups excluding carboxylic acids is 12. The quantitative estimate of drug-likeness (QED) is 0.0397. The van der Waals surface area contributed by atoms with Crippen LogP contribution in [0, 0.1) is 123 Å². The van der Waals surface area contributed by atoms with Crippen LogP contribution in [0.3, 0.4) is 0 Å². The Hall–Kier alpha value is -7.58. The van der Waals surface area contributed by atoms with Crippen LogP contribution in [-0.4, -0.2) is 185 Å². The van der Waals surface area contributed by atoms with Gasteiger partial charge in [-0.3, -0.25) is 27.5 Å². The van der Waals surface area contributed by atoms with Gasteiger partial charge in [-0.25, -0.2) is 38.4 Å². The summed E-state index contributed by atoms with van der Waals surface area (Å²) < 4.78 is 121. The fourth-order valence-corrected chi connectivity index (χ4v) is 28.1. The van der Waals surface area contributed by atoms with E-state index in [1.807, 2.05) is 34.6 Å². The van der Waals surface area contributed by atoms with E-state index in [1.54, 1.807) is 27.7 Å². The molecule has 16 aliphatic carbocycles. The normalized spacial score (nSPS) is 39.3. The fourth-order valence-electron chi connectivity index (χ4n) is 24.3. The summed E-state index contributed by atoms with van der Waals surface area (Å²) in [5.74, 6) is 1.62. The van der Waals surface area contributed by atoms with Gasteiger partial charge in [0.2, 0.25) is 0 Å². The average molecular weight is 1750 g/mol. The number of ether oxygens (including phenoxy) is 12. The van der Waals surface area contributed by atoms with Gasteiger partial charge < -0.3 is 56.8 Å². The first-order chi connectivity index (χ1) is 57.2. The number of fused-ring (bicyclic) bond motifs is 4. The van der Waals surface area contributed by atoms with E-state index in [0.29, 0.717) is 90.6 Å². The molecule has 4 heterocycles. The zero-order valence-electron chi connectivity index (χ0n) is 72.6. The van der Waals surface area contributed by atoms with E-state index in [1.165, 1.54) is 52.4 Å². The molecule has 4 aliphatic heterocycles. The molecular formula is C90H124O30S2. The molecule has 0 spiro atoms. The Bertz CT molecular complexity index is 4380. The minimum Gasteiger partial charge on any atom is -0.458 e. The van der Waals surface area contributed by atoms with Crippen LogP contribution in [-0.2, 0) is 143 Å². The van der Waals surface area contributed by atoms with Gasteiger partial charge in [-0.2, -0.15) is 16.8 Å². The van der Waals surface area contributed by atoms with Crippen molar-refractivity contribution in [2.24, 2.45) is 123 Å². The molecule has 122 heavy (non-hydrogen) atoms. The molecule has 0 aromatic carbocycles. The third kappa shape index (κ3) is 18.3. The smallest absolute Gasteiger partial charge is 0.344 e. The van der Waals surface area contributed by atoms with Crippen molar-refractivity contribution >= 4 is 91.9 Å². The van der Waals surface area contributed by atoms with Gasteiger partial charge in [0.05, 0.1) is 33.2 Å². The van der Waals surface area contributed by atoms with Crippen molar-refractivity contribution in [3.63, 3.8) is 0 Å². The van der Waals surface area contributed by atoms with Crippen LogP contribution in [0.25, 0.3) is 0 Å². The molecule has 4 saturated heterocycles. The lowest BCUT2D eigenvalue weighted by molar-refractivity contribution is -0.221. The maximum Gasteiger partial charge on any atom is 0.344 e. The van der Waals surface area contributed by atoms with Crippen molar-refractivity contribution in [1.82, 2.24) is 0 Å². The highest BCUT2D eigenvalue weighted by Crippen LogP contribution is 2.64. The van der Waals surface area contributed by atoms with Crippen LogP contribution >= 0.6 is 0 Å². The first-order valence-corrected chi connectivity index (χ1v) is 46.9. The standard InChI is InChI=1S/C19H26O6.C17H26O2.C15H22O7S.C14H20O4.C13H16O7S.C12H14O4/c1-11(2)18(22)24-9-16(20)23-10-17(21)25-19(3)14-5-12-4-13(7-14)8-15(19)6-12;1-10(2)16(18)19-17(11(3)4)14-6-12-5-13(8-14)9-15(17)7-12;1-4-15(2,3)14(17)20-7-11(16)21-12-8-5-9-10(6-8)23(18,19)22-13(9)12;1-4-14(2,3)13(16)18-10-7-5-8-9(6-7)12(15)17-11(8)10;1-6(2)13(15)18-5-10(14)19-11-7-3-8-9(4-7)21(16,17)20-12(8)11;1-5(2)11(13)15-9-6-3-7-8(4-6)12(14)16-10(7)9/h12-15H,1,4-10H2,2-3H3;11-15H,1,5-9H2,2-4H3;8-10,12-13H,4-7H2,1-3H3;7-11H,4-6H2,1-3H3;7-9,11-12H,1,3-5H2,2H3;6-10H,1,3-4H2,2H3. The predicted molar refractivity (Wildman–Crippen MR) is 430 cm³/mol. The Morgan fingerprint density at radius 3 is 1.16 bits per heavy atom. The van der Waals surface area contributed by atoms with Gasteiger partial charge in [-0.15, -0.1) is 0 Å². The molecule has 20 fully saturated rings. The molecule has 32 heteroatoms. The number of carbonyl (C=O) groups is 12. The summed E-state index contributed by atoms with van der Waals surface area (Å²) in [5, 5.41) is -0.903. The first-order valence-electron chi connectivity index (χ1n) is 44.0. The number of esters is 12. The van der Waals surface area contributed by atoms with Gasteiger partial charge in [0.25, 0.3) is 20.2 Å². The van der Waals surface area contributed by atoms with Crippen molar-refractivity contribution in [3.05, 3.63) is 48.6 Å². The predicted octanol–water partition coefficient (Wildman–Crippen LogP) is 10.5. The second kappa shape index (κ2) is 35.3. The maximum atomic E-state index is 12.2. The van der Waals surface area contributed by atoms with E-state index in [4.69, 9.17) is 60.5 Å². The van der Waals surface area contributed by atoms with Crippen molar-refractivity contribution < 1.29 is 140 Å². The highest BCUT2D eigenvalue weighted by molar-refractivity contribution is 7.88. The van der Waals surface area contributed by atoms with Crippen molar-refractivity contribution in [2.45, 2.75) is 289 Å². The second-order valence-corrected chi connectivity index (χ2v) is 43.6. The molecule has 16 bridgehead atoms. The summed E-state index contributed by atoms with van der Waals surface area (Å²) in [5.41, 5.74) is -0.436. The van der Waals surface area contributed by atoms with Crippen LogP contribution in [0.15, 0.2) is 48.6 Å². The molecule has 0 radical (unpaired) electrons. The van der Waals surface area contributed by atoms with Gasteiger partial charge in [-0.1, -0.05) is 54.0 Å². The third-order valence-electron chi connectivity index (χ3n) is 30.9. The molecule has 20 atom stereocenters. The van der Waals surface area contributed by atoms with E-state index >= 15 is 0 Å². The van der Waals surface area contributed by atoms with Crippen LogP contribution in [0.2, 0.25) is 0 Å². The molecule has 0 amide bonds. The average Bonchev–Trinajstić information content (AvgIpc) is 1.64. The van der Waals surface area contributed by atoms with E-state index in [9.17, 15) is 74.4 Å². The Morgan fingerprint density at radius 1 is 0.402 bits per heavy atom. The SMILES string of the molecule is C=C(C)C(=O)OC1(C(C)C)C2CC3CC(C2)CC1C3.C=C(C)C(=O)OC1C2CC3C(=O)OC1C3C2.C=C(C)C(=O)OCC(=O)OC1C2CC3C1OS(=O)(=O)C3C2.C=C(C)C(=O)OCC(=O)OCC(=O)OC1(C)C2CC3CC(C2)CC1C3.CCC(C)(C)C(=O)OC1C2CC3C(=O)OC1C3C2.CCC(C)(C)C(=O)OCC(=O)OC1C2CC3C1OS(=O)(=O)C3C2. The van der Waals surface area contributed by atoms with Gasteiger partial charge in [0, 0.05) is 69.6 Å². The van der Waals surface area contributed by atoms with Crippen LogP contribution < -0.4 is 0 Å².